The van der Waals surface area contributed by atoms with Crippen LogP contribution in [0.5, 0.6) is 0 Å². The van der Waals surface area contributed by atoms with E-state index < -0.39 is 41.1 Å². The number of furan rings is 1. The summed E-state index contributed by atoms with van der Waals surface area (Å²) >= 11 is 1.39. The second kappa shape index (κ2) is 13.9. The first kappa shape index (κ1) is 27.6. The average Bonchev–Trinajstić information content (AvgIpc) is 3.29. The molecule has 0 fully saturated rings. The molecule has 0 saturated carbocycles. The van der Waals surface area contributed by atoms with Gasteiger partial charge in [-0.1, -0.05) is 39.7 Å². The van der Waals surface area contributed by atoms with Crippen molar-refractivity contribution >= 4 is 29.4 Å². The Morgan fingerprint density at radius 2 is 1.74 bits per heavy atom. The number of amides is 2. The number of hydrogen-bond donors (Lipinski definition) is 2. The van der Waals surface area contributed by atoms with E-state index in [1.54, 1.807) is 12.3 Å². The number of rotatable bonds is 14. The van der Waals surface area contributed by atoms with Crippen LogP contribution in [0.2, 0.25) is 0 Å². The zero-order chi connectivity index (χ0) is 25.1. The van der Waals surface area contributed by atoms with E-state index in [2.05, 4.69) is 10.6 Å². The van der Waals surface area contributed by atoms with Crippen molar-refractivity contribution in [1.29, 1.82) is 0 Å². The van der Waals surface area contributed by atoms with Crippen LogP contribution in [0.1, 0.15) is 62.6 Å². The second-order valence-corrected chi connectivity index (χ2v) is 9.48. The van der Waals surface area contributed by atoms with Gasteiger partial charge >= 0.3 is 0 Å². The molecule has 34 heavy (non-hydrogen) atoms. The Bertz CT molecular complexity index is 930. The van der Waals surface area contributed by atoms with Gasteiger partial charge in [-0.2, -0.15) is 0 Å². The largest absolute Gasteiger partial charge is 0.468 e. The SMILES string of the molecule is CCCC[C@H](NC(=O)[C@H](CC(C)C)NC(=O)c1c(F)cccc1F)C(=O)CSCc1ccco1. The maximum Gasteiger partial charge on any atom is 0.257 e. The highest BCUT2D eigenvalue weighted by Crippen LogP contribution is 2.16. The molecule has 2 N–H and O–H groups in total. The molecule has 0 unspecified atom stereocenters. The van der Waals surface area contributed by atoms with Gasteiger partial charge in [-0.05, 0) is 43.0 Å². The van der Waals surface area contributed by atoms with E-state index >= 15 is 0 Å². The van der Waals surface area contributed by atoms with E-state index in [-0.39, 0.29) is 23.9 Å². The van der Waals surface area contributed by atoms with Gasteiger partial charge in [0, 0.05) is 0 Å². The van der Waals surface area contributed by atoms with Crippen molar-refractivity contribution in [3.05, 3.63) is 59.6 Å². The van der Waals surface area contributed by atoms with Crippen molar-refractivity contribution in [2.24, 2.45) is 5.92 Å². The summed E-state index contributed by atoms with van der Waals surface area (Å²) in [5.74, 6) is -2.22. The smallest absolute Gasteiger partial charge is 0.257 e. The van der Waals surface area contributed by atoms with Gasteiger partial charge < -0.3 is 15.1 Å². The van der Waals surface area contributed by atoms with E-state index in [1.165, 1.54) is 11.8 Å². The third-order valence-electron chi connectivity index (χ3n) is 5.14. The fourth-order valence-corrected chi connectivity index (χ4v) is 4.26. The summed E-state index contributed by atoms with van der Waals surface area (Å²) < 4.78 is 33.3. The van der Waals surface area contributed by atoms with Crippen LogP contribution in [0.4, 0.5) is 8.78 Å². The maximum atomic E-state index is 14.0. The van der Waals surface area contributed by atoms with Crippen LogP contribution in [0, 0.1) is 17.6 Å². The third-order valence-corrected chi connectivity index (χ3v) is 6.12. The molecule has 2 atom stereocenters. The number of carbonyl (C=O) groups is 3. The fourth-order valence-electron chi connectivity index (χ4n) is 3.39. The molecule has 1 heterocycles. The van der Waals surface area contributed by atoms with E-state index in [0.717, 1.165) is 36.8 Å². The molecule has 0 spiro atoms. The summed E-state index contributed by atoms with van der Waals surface area (Å²) in [4.78, 5) is 38.5. The third kappa shape index (κ3) is 8.59. The van der Waals surface area contributed by atoms with Gasteiger partial charge in [-0.25, -0.2) is 8.78 Å². The van der Waals surface area contributed by atoms with Gasteiger partial charge in [0.05, 0.1) is 23.8 Å². The first-order valence-corrected chi connectivity index (χ1v) is 12.6. The zero-order valence-corrected chi connectivity index (χ0v) is 20.6. The fraction of sp³-hybridized carbons (Fsp3) is 0.480. The average molecular weight is 495 g/mol. The number of ketones is 1. The predicted molar refractivity (Wildman–Crippen MR) is 128 cm³/mol. The van der Waals surface area contributed by atoms with Gasteiger partial charge in [-0.15, -0.1) is 11.8 Å². The van der Waals surface area contributed by atoms with Crippen LogP contribution in [0.3, 0.4) is 0 Å². The number of carbonyl (C=O) groups excluding carboxylic acids is 3. The molecule has 0 aliphatic carbocycles. The summed E-state index contributed by atoms with van der Waals surface area (Å²) in [6.07, 6.45) is 3.86. The molecule has 6 nitrogen and oxygen atoms in total. The van der Waals surface area contributed by atoms with Crippen LogP contribution >= 0.6 is 11.8 Å². The minimum Gasteiger partial charge on any atom is -0.468 e. The predicted octanol–water partition coefficient (Wildman–Crippen LogP) is 4.88. The Kier molecular flexibility index (Phi) is 11.3. The van der Waals surface area contributed by atoms with Gasteiger partial charge in [0.15, 0.2) is 5.78 Å². The molecular weight excluding hydrogens is 462 g/mol. The topological polar surface area (TPSA) is 88.4 Å². The van der Waals surface area contributed by atoms with Crippen LogP contribution in [0.15, 0.2) is 41.0 Å². The molecular formula is C25H32F2N2O4S. The quantitative estimate of drug-likeness (QED) is 0.391. The maximum absolute atomic E-state index is 14.0. The second-order valence-electron chi connectivity index (χ2n) is 8.49. The van der Waals surface area contributed by atoms with Crippen molar-refractivity contribution in [1.82, 2.24) is 10.6 Å². The molecule has 0 radical (unpaired) electrons. The molecule has 0 saturated heterocycles. The van der Waals surface area contributed by atoms with Crippen LogP contribution in [-0.2, 0) is 15.3 Å². The number of unbranched alkanes of at least 4 members (excludes halogenated alkanes) is 1. The summed E-state index contributed by atoms with van der Waals surface area (Å²) in [7, 11) is 0. The summed E-state index contributed by atoms with van der Waals surface area (Å²) in [6.45, 7) is 5.71. The molecule has 2 rings (SSSR count). The molecule has 1 aromatic carbocycles. The Balaban J connectivity index is 2.07. The highest BCUT2D eigenvalue weighted by atomic mass is 32.2. The lowest BCUT2D eigenvalue weighted by molar-refractivity contribution is -0.128. The molecule has 0 aliphatic heterocycles. The number of hydrogen-bond acceptors (Lipinski definition) is 5. The Labute approximate surface area is 203 Å². The van der Waals surface area contributed by atoms with Gasteiger partial charge in [0.2, 0.25) is 5.91 Å². The molecule has 0 aliphatic rings. The molecule has 2 aromatic rings. The highest BCUT2D eigenvalue weighted by molar-refractivity contribution is 7.99. The molecule has 186 valence electrons. The number of thioether (sulfide) groups is 1. The molecule has 0 bridgehead atoms. The van der Waals surface area contributed by atoms with Crippen molar-refractivity contribution in [2.45, 2.75) is 64.3 Å². The number of Topliss-reactive ketones (excluding diaryl/α,β-unsaturated/α-hetero) is 1. The minimum atomic E-state index is -1.04. The van der Waals surface area contributed by atoms with Crippen LogP contribution in [0.25, 0.3) is 0 Å². The lowest BCUT2D eigenvalue weighted by Crippen LogP contribution is -2.52. The van der Waals surface area contributed by atoms with Crippen molar-refractivity contribution in [3.63, 3.8) is 0 Å². The first-order valence-electron chi connectivity index (χ1n) is 11.4. The van der Waals surface area contributed by atoms with E-state index in [4.69, 9.17) is 4.42 Å². The molecule has 1 aromatic heterocycles. The number of nitrogens with one attached hydrogen (secondary N) is 2. The Morgan fingerprint density at radius 3 is 2.32 bits per heavy atom. The summed E-state index contributed by atoms with van der Waals surface area (Å²) in [5, 5.41) is 5.21. The molecule has 9 heteroatoms. The highest BCUT2D eigenvalue weighted by Gasteiger charge is 2.29. The van der Waals surface area contributed by atoms with Crippen LogP contribution < -0.4 is 10.6 Å². The minimum absolute atomic E-state index is 0.00941. The summed E-state index contributed by atoms with van der Waals surface area (Å²) in [6, 6.07) is 4.97. The lowest BCUT2D eigenvalue weighted by Gasteiger charge is -2.24. The number of halogens is 2. The van der Waals surface area contributed by atoms with Crippen molar-refractivity contribution in [3.8, 4) is 0 Å². The summed E-state index contributed by atoms with van der Waals surface area (Å²) in [5.41, 5.74) is -0.739. The normalized spacial score (nSPS) is 12.9. The zero-order valence-electron chi connectivity index (χ0n) is 19.7. The van der Waals surface area contributed by atoms with E-state index in [1.807, 2.05) is 26.8 Å². The van der Waals surface area contributed by atoms with Gasteiger partial charge in [0.25, 0.3) is 5.91 Å². The van der Waals surface area contributed by atoms with E-state index in [0.29, 0.717) is 12.2 Å². The monoisotopic (exact) mass is 494 g/mol. The lowest BCUT2D eigenvalue weighted by atomic mass is 10.0. The van der Waals surface area contributed by atoms with Crippen molar-refractivity contribution in [2.75, 3.05) is 5.75 Å². The van der Waals surface area contributed by atoms with Gasteiger partial charge in [-0.3, -0.25) is 14.4 Å². The van der Waals surface area contributed by atoms with E-state index in [9.17, 15) is 23.2 Å². The van der Waals surface area contributed by atoms with Crippen LogP contribution in [-0.4, -0.2) is 35.4 Å². The molecule has 2 amide bonds. The Hall–Kier alpha value is -2.68. The van der Waals surface area contributed by atoms with Crippen molar-refractivity contribution < 1.29 is 27.6 Å². The number of benzene rings is 1. The standard InChI is InChI=1S/C25H32F2N2O4S/c1-4-5-11-20(22(30)15-34-14-17-8-7-12-33-17)28-24(31)21(13-16(2)3)29-25(32)23-18(26)9-6-10-19(23)27/h6-10,12,16,20-21H,4-5,11,13-15H2,1-3H3,(H,28,31)(H,29,32)/t20-,21-/m0/s1. The first-order chi connectivity index (χ1) is 16.2. The Morgan fingerprint density at radius 1 is 1.03 bits per heavy atom. The van der Waals surface area contributed by atoms with Gasteiger partial charge in [0.1, 0.15) is 29.0 Å².